The van der Waals surface area contributed by atoms with E-state index in [1.165, 1.54) is 14.0 Å². The van der Waals surface area contributed by atoms with Crippen molar-refractivity contribution in [1.82, 2.24) is 4.90 Å². The van der Waals surface area contributed by atoms with Crippen LogP contribution in [-0.2, 0) is 20.7 Å². The van der Waals surface area contributed by atoms with E-state index < -0.39 is 5.97 Å². The zero-order valence-electron chi connectivity index (χ0n) is 15.6. The van der Waals surface area contributed by atoms with E-state index in [0.717, 1.165) is 12.0 Å². The standard InChI is InChI=1S/C21H24N2O4/c1-16(24)23(14-12-17-8-4-3-5-9-17)15-13-20(25)22-19-11-7-6-10-18(19)21(26)27-2/h3-11H,12-15H2,1-2H3,(H,22,25). The molecule has 0 spiro atoms. The van der Waals surface area contributed by atoms with Crippen LogP contribution in [-0.4, -0.2) is 42.9 Å². The first-order valence-corrected chi connectivity index (χ1v) is 8.78. The van der Waals surface area contributed by atoms with Crippen molar-refractivity contribution >= 4 is 23.5 Å². The van der Waals surface area contributed by atoms with Crippen LogP contribution in [0, 0.1) is 0 Å². The van der Waals surface area contributed by atoms with Gasteiger partial charge in [-0.1, -0.05) is 42.5 Å². The summed E-state index contributed by atoms with van der Waals surface area (Å²) in [5.74, 6) is -0.856. The topological polar surface area (TPSA) is 75.7 Å². The first kappa shape index (κ1) is 20.2. The second-order valence-electron chi connectivity index (χ2n) is 6.08. The van der Waals surface area contributed by atoms with E-state index in [9.17, 15) is 14.4 Å². The van der Waals surface area contributed by atoms with Gasteiger partial charge in [-0.3, -0.25) is 9.59 Å². The molecule has 0 bridgehead atoms. The monoisotopic (exact) mass is 368 g/mol. The molecule has 0 radical (unpaired) electrons. The van der Waals surface area contributed by atoms with Gasteiger partial charge in [0.2, 0.25) is 11.8 Å². The summed E-state index contributed by atoms with van der Waals surface area (Å²) >= 11 is 0. The van der Waals surface area contributed by atoms with Crippen molar-refractivity contribution in [2.45, 2.75) is 19.8 Å². The molecule has 0 atom stereocenters. The number of methoxy groups -OCH3 is 1. The molecule has 0 aromatic heterocycles. The Hall–Kier alpha value is -3.15. The summed E-state index contributed by atoms with van der Waals surface area (Å²) in [4.78, 5) is 37.5. The number of hydrogen-bond donors (Lipinski definition) is 1. The summed E-state index contributed by atoms with van der Waals surface area (Å²) in [6, 6.07) is 16.5. The maximum atomic E-state index is 12.3. The van der Waals surface area contributed by atoms with Gasteiger partial charge in [0.05, 0.1) is 18.4 Å². The number of nitrogens with one attached hydrogen (secondary N) is 1. The Morgan fingerprint density at radius 1 is 0.963 bits per heavy atom. The Morgan fingerprint density at radius 3 is 2.30 bits per heavy atom. The highest BCUT2D eigenvalue weighted by Crippen LogP contribution is 2.16. The molecule has 0 aliphatic heterocycles. The highest BCUT2D eigenvalue weighted by Gasteiger charge is 2.15. The Morgan fingerprint density at radius 2 is 1.63 bits per heavy atom. The van der Waals surface area contributed by atoms with E-state index in [4.69, 9.17) is 4.74 Å². The zero-order valence-corrected chi connectivity index (χ0v) is 15.6. The maximum absolute atomic E-state index is 12.3. The van der Waals surface area contributed by atoms with Crippen LogP contribution in [0.1, 0.15) is 29.3 Å². The molecule has 6 nitrogen and oxygen atoms in total. The number of nitrogens with zero attached hydrogens (tertiary/aromatic N) is 1. The third kappa shape index (κ3) is 6.26. The van der Waals surface area contributed by atoms with Gasteiger partial charge in [0.25, 0.3) is 0 Å². The summed E-state index contributed by atoms with van der Waals surface area (Å²) in [6.07, 6.45) is 0.872. The molecule has 0 fully saturated rings. The average Bonchev–Trinajstić information content (AvgIpc) is 2.68. The van der Waals surface area contributed by atoms with Crippen LogP contribution in [0.3, 0.4) is 0 Å². The predicted molar refractivity (Wildman–Crippen MR) is 103 cm³/mol. The van der Waals surface area contributed by atoms with E-state index in [0.29, 0.717) is 24.3 Å². The fraction of sp³-hybridized carbons (Fsp3) is 0.286. The SMILES string of the molecule is COC(=O)c1ccccc1NC(=O)CCN(CCc1ccccc1)C(C)=O. The Balaban J connectivity index is 1.91. The van der Waals surface area contributed by atoms with Crippen LogP contribution >= 0.6 is 0 Å². The summed E-state index contributed by atoms with van der Waals surface area (Å²) in [5.41, 5.74) is 1.83. The molecule has 2 aromatic carbocycles. The fourth-order valence-electron chi connectivity index (χ4n) is 2.66. The van der Waals surface area contributed by atoms with Gasteiger partial charge in [-0.05, 0) is 24.1 Å². The molecule has 0 saturated carbocycles. The summed E-state index contributed by atoms with van der Waals surface area (Å²) in [7, 11) is 1.29. The Labute approximate surface area is 159 Å². The van der Waals surface area contributed by atoms with Gasteiger partial charge < -0.3 is 15.0 Å². The predicted octanol–water partition coefficient (Wildman–Crippen LogP) is 2.89. The van der Waals surface area contributed by atoms with Crippen molar-refractivity contribution in [2.24, 2.45) is 0 Å². The van der Waals surface area contributed by atoms with Crippen LogP contribution in [0.5, 0.6) is 0 Å². The van der Waals surface area contributed by atoms with Gasteiger partial charge in [0.1, 0.15) is 0 Å². The van der Waals surface area contributed by atoms with E-state index in [2.05, 4.69) is 5.32 Å². The number of amides is 2. The highest BCUT2D eigenvalue weighted by molar-refractivity contribution is 6.01. The number of benzene rings is 2. The van der Waals surface area contributed by atoms with Gasteiger partial charge in [-0.25, -0.2) is 4.79 Å². The number of para-hydroxylation sites is 1. The number of carbonyl (C=O) groups is 3. The number of anilines is 1. The first-order valence-electron chi connectivity index (χ1n) is 8.78. The van der Waals surface area contributed by atoms with Crippen molar-refractivity contribution in [1.29, 1.82) is 0 Å². The van der Waals surface area contributed by atoms with Crippen molar-refractivity contribution in [3.8, 4) is 0 Å². The third-order valence-corrected chi connectivity index (χ3v) is 4.17. The second-order valence-corrected chi connectivity index (χ2v) is 6.08. The maximum Gasteiger partial charge on any atom is 0.339 e. The molecule has 0 aliphatic carbocycles. The van der Waals surface area contributed by atoms with Gasteiger partial charge in [0, 0.05) is 26.4 Å². The number of hydrogen-bond acceptors (Lipinski definition) is 4. The molecule has 6 heteroatoms. The lowest BCUT2D eigenvalue weighted by molar-refractivity contribution is -0.129. The minimum atomic E-state index is -0.515. The minimum absolute atomic E-state index is 0.0753. The zero-order chi connectivity index (χ0) is 19.6. The third-order valence-electron chi connectivity index (χ3n) is 4.17. The summed E-state index contributed by atoms with van der Waals surface area (Å²) in [5, 5.41) is 2.72. The quantitative estimate of drug-likeness (QED) is 0.727. The van der Waals surface area contributed by atoms with Crippen molar-refractivity contribution < 1.29 is 19.1 Å². The van der Waals surface area contributed by atoms with Gasteiger partial charge in [-0.15, -0.1) is 0 Å². The molecule has 142 valence electrons. The minimum Gasteiger partial charge on any atom is -0.465 e. The van der Waals surface area contributed by atoms with Gasteiger partial charge in [0.15, 0.2) is 0 Å². The largest absolute Gasteiger partial charge is 0.465 e. The summed E-state index contributed by atoms with van der Waals surface area (Å²) in [6.45, 7) is 2.36. The molecule has 2 amide bonds. The van der Waals surface area contributed by atoms with E-state index in [1.807, 2.05) is 30.3 Å². The van der Waals surface area contributed by atoms with Crippen molar-refractivity contribution in [3.63, 3.8) is 0 Å². The Kier molecular flexibility index (Phi) is 7.55. The Bertz CT molecular complexity index is 790. The normalized spacial score (nSPS) is 10.1. The molecule has 2 aromatic rings. The van der Waals surface area contributed by atoms with Gasteiger partial charge >= 0.3 is 5.97 Å². The summed E-state index contributed by atoms with van der Waals surface area (Å²) < 4.78 is 4.72. The lowest BCUT2D eigenvalue weighted by Gasteiger charge is -2.21. The van der Waals surface area contributed by atoms with Crippen LogP contribution < -0.4 is 5.32 Å². The van der Waals surface area contributed by atoms with Crippen LogP contribution in [0.4, 0.5) is 5.69 Å². The van der Waals surface area contributed by atoms with E-state index >= 15 is 0 Å². The van der Waals surface area contributed by atoms with Crippen molar-refractivity contribution in [2.75, 3.05) is 25.5 Å². The van der Waals surface area contributed by atoms with Gasteiger partial charge in [-0.2, -0.15) is 0 Å². The molecule has 0 saturated heterocycles. The number of rotatable bonds is 8. The van der Waals surface area contributed by atoms with Crippen molar-refractivity contribution in [3.05, 3.63) is 65.7 Å². The molecule has 2 rings (SSSR count). The highest BCUT2D eigenvalue weighted by atomic mass is 16.5. The molecule has 0 heterocycles. The smallest absolute Gasteiger partial charge is 0.339 e. The molecule has 0 unspecified atom stereocenters. The van der Waals surface area contributed by atoms with E-state index in [1.54, 1.807) is 29.2 Å². The number of carbonyl (C=O) groups excluding carboxylic acids is 3. The van der Waals surface area contributed by atoms with Crippen LogP contribution in [0.25, 0.3) is 0 Å². The number of esters is 1. The molecular formula is C21H24N2O4. The lowest BCUT2D eigenvalue weighted by atomic mass is 10.1. The number of ether oxygens (including phenoxy) is 1. The fourth-order valence-corrected chi connectivity index (χ4v) is 2.66. The second kappa shape index (κ2) is 10.1. The molecular weight excluding hydrogens is 344 g/mol. The van der Waals surface area contributed by atoms with Crippen LogP contribution in [0.2, 0.25) is 0 Å². The average molecular weight is 368 g/mol. The molecule has 1 N–H and O–H groups in total. The molecule has 27 heavy (non-hydrogen) atoms. The lowest BCUT2D eigenvalue weighted by Crippen LogP contribution is -2.33. The van der Waals surface area contributed by atoms with E-state index in [-0.39, 0.29) is 18.2 Å². The first-order chi connectivity index (χ1) is 13.0. The molecule has 0 aliphatic rings. The van der Waals surface area contributed by atoms with Crippen LogP contribution in [0.15, 0.2) is 54.6 Å².